The molecule has 1 aliphatic heterocycles. The summed E-state index contributed by atoms with van der Waals surface area (Å²) in [5.41, 5.74) is 2.63. The van der Waals surface area contributed by atoms with Gasteiger partial charge in [0.15, 0.2) is 0 Å². The van der Waals surface area contributed by atoms with E-state index in [1.54, 1.807) is 0 Å². The average molecular weight is 354 g/mol. The molecular weight excluding hydrogens is 322 g/mol. The first-order valence-electron chi connectivity index (χ1n) is 10.6. The number of ketones is 1. The fourth-order valence-corrected chi connectivity index (χ4v) is 6.93. The Morgan fingerprint density at radius 1 is 1.27 bits per heavy atom. The summed E-state index contributed by atoms with van der Waals surface area (Å²) in [6, 6.07) is 6.46. The summed E-state index contributed by atoms with van der Waals surface area (Å²) >= 11 is 0. The molecule has 3 aliphatic carbocycles. The zero-order chi connectivity index (χ0) is 17.9. The number of fused-ring (bicyclic) bond motifs is 1. The zero-order valence-electron chi connectivity index (χ0n) is 15.9. The largest absolute Gasteiger partial charge is 0.508 e. The van der Waals surface area contributed by atoms with Crippen molar-refractivity contribution in [2.45, 2.75) is 69.2 Å². The van der Waals surface area contributed by atoms with Gasteiger partial charge in [-0.05, 0) is 74.4 Å². The molecule has 1 aromatic rings. The summed E-state index contributed by atoms with van der Waals surface area (Å²) in [4.78, 5) is 15.8. The highest BCUT2D eigenvalue weighted by Crippen LogP contribution is 2.57. The van der Waals surface area contributed by atoms with E-state index in [0.717, 1.165) is 38.1 Å². The Kier molecular flexibility index (Phi) is 3.93. The van der Waals surface area contributed by atoms with Crippen molar-refractivity contribution >= 4 is 5.78 Å². The normalized spacial score (nSPS) is 37.4. The van der Waals surface area contributed by atoms with Gasteiger partial charge in [0.05, 0.1) is 0 Å². The summed E-state index contributed by atoms with van der Waals surface area (Å²) in [6.07, 6.45) is 10.4. The molecule has 1 heterocycles. The van der Waals surface area contributed by atoms with Gasteiger partial charge in [-0.15, -0.1) is 0 Å². The van der Waals surface area contributed by atoms with E-state index in [2.05, 4.69) is 18.0 Å². The van der Waals surface area contributed by atoms with E-state index in [0.29, 0.717) is 29.9 Å². The highest BCUT2D eigenvalue weighted by atomic mass is 16.3. The number of carbonyl (C=O) groups is 1. The minimum atomic E-state index is -0.0211. The third-order valence-corrected chi connectivity index (χ3v) is 8.29. The van der Waals surface area contributed by atoms with Crippen LogP contribution in [0.2, 0.25) is 0 Å². The summed E-state index contributed by atoms with van der Waals surface area (Å²) in [6.45, 7) is 1.07. The Morgan fingerprint density at radius 3 is 2.88 bits per heavy atom. The molecule has 26 heavy (non-hydrogen) atoms. The molecule has 1 N–H and O–H groups in total. The lowest BCUT2D eigenvalue weighted by molar-refractivity contribution is -0.133. The molecule has 0 radical (unpaired) electrons. The minimum absolute atomic E-state index is 0.0211. The van der Waals surface area contributed by atoms with Crippen molar-refractivity contribution in [1.29, 1.82) is 0 Å². The smallest absolute Gasteiger partial charge is 0.136 e. The van der Waals surface area contributed by atoms with Crippen LogP contribution in [0.15, 0.2) is 18.2 Å². The number of Topliss-reactive ketones (excluding diaryl/α,β-unsaturated/α-hetero) is 1. The van der Waals surface area contributed by atoms with Crippen molar-refractivity contribution in [3.8, 4) is 5.75 Å². The molecule has 0 amide bonds. The van der Waals surface area contributed by atoms with Crippen molar-refractivity contribution in [3.63, 3.8) is 0 Å². The molecular formula is C23H31NO2. The summed E-state index contributed by atoms with van der Waals surface area (Å²) in [5, 5.41) is 10.1. The number of nitrogens with zero attached hydrogens (tertiary/aromatic N) is 1. The highest BCUT2D eigenvalue weighted by molar-refractivity contribution is 5.84. The van der Waals surface area contributed by atoms with Crippen molar-refractivity contribution < 1.29 is 9.90 Å². The molecule has 4 atom stereocenters. The monoisotopic (exact) mass is 353 g/mol. The SMILES string of the molecule is CN1CC[C@]23CC(=O)[C@@H](CC4CCCC4)C[C@H]2[C@H]1Cc1ccc(O)cc13. The Balaban J connectivity index is 1.51. The van der Waals surface area contributed by atoms with Gasteiger partial charge in [-0.2, -0.15) is 0 Å². The van der Waals surface area contributed by atoms with Crippen molar-refractivity contribution in [3.05, 3.63) is 29.3 Å². The lowest BCUT2D eigenvalue weighted by atomic mass is 9.50. The molecule has 3 fully saturated rings. The van der Waals surface area contributed by atoms with Crippen LogP contribution >= 0.6 is 0 Å². The standard InChI is InChI=1S/C23H31NO2/c1-24-9-8-23-14-22(26)17(10-15-4-2-3-5-15)11-20(23)21(24)12-16-6-7-18(25)13-19(16)23/h6-7,13,15,17,20-21,25H,2-5,8-12,14H2,1H3/t17-,20-,21+,23+/m0/s1. The van der Waals surface area contributed by atoms with Crippen LogP contribution in [-0.4, -0.2) is 35.4 Å². The predicted molar refractivity (Wildman–Crippen MR) is 102 cm³/mol. The van der Waals surface area contributed by atoms with Crippen molar-refractivity contribution in [2.75, 3.05) is 13.6 Å². The van der Waals surface area contributed by atoms with Crippen LogP contribution in [-0.2, 0) is 16.6 Å². The Morgan fingerprint density at radius 2 is 2.08 bits per heavy atom. The molecule has 1 saturated heterocycles. The fraction of sp³-hybridized carbons (Fsp3) is 0.696. The molecule has 0 spiro atoms. The third-order valence-electron chi connectivity index (χ3n) is 8.29. The van der Waals surface area contributed by atoms with Gasteiger partial charge in [-0.3, -0.25) is 4.79 Å². The minimum Gasteiger partial charge on any atom is -0.508 e. The molecule has 2 saturated carbocycles. The van der Waals surface area contributed by atoms with Crippen LogP contribution in [0, 0.1) is 17.8 Å². The van der Waals surface area contributed by atoms with E-state index in [1.807, 2.05) is 12.1 Å². The number of hydrogen-bond donors (Lipinski definition) is 1. The molecule has 3 heteroatoms. The Labute approximate surface area is 156 Å². The quantitative estimate of drug-likeness (QED) is 0.871. The number of benzene rings is 1. The third kappa shape index (κ3) is 2.46. The van der Waals surface area contributed by atoms with Gasteiger partial charge < -0.3 is 10.0 Å². The van der Waals surface area contributed by atoms with Crippen molar-refractivity contribution in [1.82, 2.24) is 4.90 Å². The Bertz CT molecular complexity index is 723. The van der Waals surface area contributed by atoms with Gasteiger partial charge in [-0.25, -0.2) is 0 Å². The van der Waals surface area contributed by atoms with E-state index in [4.69, 9.17) is 0 Å². The lowest BCUT2D eigenvalue weighted by Gasteiger charge is -2.59. The average Bonchev–Trinajstić information content (AvgIpc) is 3.13. The number of carbonyl (C=O) groups excluding carboxylic acids is 1. The summed E-state index contributed by atoms with van der Waals surface area (Å²) in [5.74, 6) is 2.50. The summed E-state index contributed by atoms with van der Waals surface area (Å²) in [7, 11) is 2.27. The van der Waals surface area contributed by atoms with Gasteiger partial charge in [0.1, 0.15) is 11.5 Å². The van der Waals surface area contributed by atoms with Crippen molar-refractivity contribution in [2.24, 2.45) is 17.8 Å². The second kappa shape index (κ2) is 6.09. The van der Waals surface area contributed by atoms with Crippen LogP contribution in [0.4, 0.5) is 0 Å². The first-order chi connectivity index (χ1) is 12.6. The van der Waals surface area contributed by atoms with Gasteiger partial charge >= 0.3 is 0 Å². The second-order valence-corrected chi connectivity index (χ2v) is 9.57. The number of piperidine rings is 1. The number of phenols is 1. The number of hydrogen-bond acceptors (Lipinski definition) is 3. The maximum atomic E-state index is 13.2. The van der Waals surface area contributed by atoms with E-state index < -0.39 is 0 Å². The topological polar surface area (TPSA) is 40.5 Å². The van der Waals surface area contributed by atoms with Crippen LogP contribution in [0.3, 0.4) is 0 Å². The predicted octanol–water partition coefficient (Wildman–Crippen LogP) is 4.07. The maximum absolute atomic E-state index is 13.2. The van der Waals surface area contributed by atoms with Crippen LogP contribution in [0.5, 0.6) is 5.75 Å². The molecule has 1 aromatic carbocycles. The molecule has 0 unspecified atom stereocenters. The molecule has 5 rings (SSSR count). The molecule has 140 valence electrons. The maximum Gasteiger partial charge on any atom is 0.136 e. The van der Waals surface area contributed by atoms with E-state index in [1.165, 1.54) is 36.8 Å². The first-order valence-corrected chi connectivity index (χ1v) is 10.6. The fourth-order valence-electron chi connectivity index (χ4n) is 6.93. The summed E-state index contributed by atoms with van der Waals surface area (Å²) < 4.78 is 0. The number of phenolic OH excluding ortho intramolecular Hbond substituents is 1. The molecule has 3 nitrogen and oxygen atoms in total. The Hall–Kier alpha value is -1.35. The molecule has 2 bridgehead atoms. The lowest BCUT2D eigenvalue weighted by Crippen LogP contribution is -2.62. The van der Waals surface area contributed by atoms with Crippen LogP contribution < -0.4 is 0 Å². The van der Waals surface area contributed by atoms with Crippen LogP contribution in [0.1, 0.15) is 62.5 Å². The number of likely N-dealkylation sites (tertiary alicyclic amines) is 1. The first kappa shape index (κ1) is 16.8. The van der Waals surface area contributed by atoms with Gasteiger partial charge in [-0.1, -0.05) is 31.7 Å². The van der Waals surface area contributed by atoms with Gasteiger partial charge in [0.2, 0.25) is 0 Å². The second-order valence-electron chi connectivity index (χ2n) is 9.57. The highest BCUT2D eigenvalue weighted by Gasteiger charge is 2.57. The van der Waals surface area contributed by atoms with Gasteiger partial charge in [0, 0.05) is 23.8 Å². The zero-order valence-corrected chi connectivity index (χ0v) is 15.9. The van der Waals surface area contributed by atoms with E-state index in [-0.39, 0.29) is 11.3 Å². The molecule has 4 aliphatic rings. The van der Waals surface area contributed by atoms with E-state index >= 15 is 0 Å². The van der Waals surface area contributed by atoms with E-state index in [9.17, 15) is 9.90 Å². The number of likely N-dealkylation sites (N-methyl/N-ethyl adjacent to an activating group) is 1. The van der Waals surface area contributed by atoms with Gasteiger partial charge in [0.25, 0.3) is 0 Å². The van der Waals surface area contributed by atoms with Crippen LogP contribution in [0.25, 0.3) is 0 Å². The number of rotatable bonds is 2. The molecule has 0 aromatic heterocycles. The number of aromatic hydroxyl groups is 1.